The Labute approximate surface area is 162 Å². The zero-order valence-electron chi connectivity index (χ0n) is 15.8. The van der Waals surface area contributed by atoms with Gasteiger partial charge in [-0.25, -0.2) is 9.67 Å². The maximum absolute atomic E-state index is 12.8. The molecule has 3 aromatic rings. The molecule has 3 rings (SSSR count). The van der Waals surface area contributed by atoms with Gasteiger partial charge in [-0.3, -0.25) is 10.1 Å². The van der Waals surface area contributed by atoms with Gasteiger partial charge in [0.15, 0.2) is 5.82 Å². The number of unbranched alkanes of at least 4 members (excludes halogenated alkanes) is 2. The van der Waals surface area contributed by atoms with Crippen molar-refractivity contribution in [3.63, 3.8) is 0 Å². The zero-order chi connectivity index (χ0) is 19.2. The summed E-state index contributed by atoms with van der Waals surface area (Å²) in [5.41, 5.74) is 1.34. The topological polar surface area (TPSA) is 85.6 Å². The number of anilines is 1. The zero-order valence-corrected chi connectivity index (χ0v) is 16.7. The molecule has 8 heteroatoms. The van der Waals surface area contributed by atoms with Crippen molar-refractivity contribution in [1.29, 1.82) is 0 Å². The number of aromatic nitrogens is 5. The molecule has 0 unspecified atom stereocenters. The lowest BCUT2D eigenvalue weighted by molar-refractivity contribution is 0.102. The molecule has 0 atom stereocenters. The van der Waals surface area contributed by atoms with E-state index in [1.165, 1.54) is 24.2 Å². The molecular formula is C19H24N6OS. The Hall–Kier alpha value is -2.61. The highest BCUT2D eigenvalue weighted by Gasteiger charge is 2.22. The van der Waals surface area contributed by atoms with E-state index in [2.05, 4.69) is 32.5 Å². The molecule has 142 valence electrons. The van der Waals surface area contributed by atoms with Crippen LogP contribution in [0.1, 0.15) is 67.0 Å². The molecule has 0 radical (unpaired) electrons. The van der Waals surface area contributed by atoms with Crippen LogP contribution in [0.2, 0.25) is 0 Å². The fraction of sp³-hybridized carbons (Fsp3) is 0.421. The summed E-state index contributed by atoms with van der Waals surface area (Å²) < 4.78 is 1.72. The molecule has 27 heavy (non-hydrogen) atoms. The van der Waals surface area contributed by atoms with Gasteiger partial charge in [0.05, 0.1) is 17.5 Å². The van der Waals surface area contributed by atoms with Crippen molar-refractivity contribution in [3.8, 4) is 5.82 Å². The minimum atomic E-state index is -0.225. The molecule has 0 spiro atoms. The molecule has 0 saturated carbocycles. The van der Waals surface area contributed by atoms with Crippen molar-refractivity contribution in [2.75, 3.05) is 5.32 Å². The highest BCUT2D eigenvalue weighted by atomic mass is 32.1. The Morgan fingerprint density at radius 1 is 1.26 bits per heavy atom. The first-order chi connectivity index (χ1) is 13.1. The molecule has 0 fully saturated rings. The van der Waals surface area contributed by atoms with Gasteiger partial charge >= 0.3 is 0 Å². The van der Waals surface area contributed by atoms with Crippen LogP contribution < -0.4 is 5.32 Å². The van der Waals surface area contributed by atoms with Crippen LogP contribution in [-0.4, -0.2) is 30.9 Å². The van der Waals surface area contributed by atoms with Crippen LogP contribution in [0.4, 0.5) is 5.13 Å². The Bertz CT molecular complexity index is 887. The van der Waals surface area contributed by atoms with Crippen LogP contribution in [0.5, 0.6) is 0 Å². The summed E-state index contributed by atoms with van der Waals surface area (Å²) in [5, 5.41) is 17.0. The summed E-state index contributed by atoms with van der Waals surface area (Å²) in [6.07, 6.45) is 7.63. The molecular weight excluding hydrogens is 360 g/mol. The minimum Gasteiger partial charge on any atom is -0.296 e. The number of rotatable bonds is 8. The lowest BCUT2D eigenvalue weighted by Crippen LogP contribution is -2.15. The summed E-state index contributed by atoms with van der Waals surface area (Å²) >= 11 is 1.43. The van der Waals surface area contributed by atoms with E-state index in [-0.39, 0.29) is 11.8 Å². The van der Waals surface area contributed by atoms with E-state index >= 15 is 0 Å². The van der Waals surface area contributed by atoms with Crippen LogP contribution in [0.3, 0.4) is 0 Å². The molecule has 3 heterocycles. The van der Waals surface area contributed by atoms with Crippen molar-refractivity contribution in [2.24, 2.45) is 0 Å². The van der Waals surface area contributed by atoms with Gasteiger partial charge in [-0.1, -0.05) is 51.0 Å². The Morgan fingerprint density at radius 3 is 2.81 bits per heavy atom. The predicted molar refractivity (Wildman–Crippen MR) is 107 cm³/mol. The quantitative estimate of drug-likeness (QED) is 0.588. The molecule has 1 amide bonds. The first kappa shape index (κ1) is 19.2. The van der Waals surface area contributed by atoms with Crippen molar-refractivity contribution in [3.05, 3.63) is 46.9 Å². The number of amides is 1. The second kappa shape index (κ2) is 8.85. The highest BCUT2D eigenvalue weighted by molar-refractivity contribution is 7.15. The third-order valence-corrected chi connectivity index (χ3v) is 5.04. The first-order valence-electron chi connectivity index (χ1n) is 9.23. The van der Waals surface area contributed by atoms with E-state index in [0.717, 1.165) is 23.5 Å². The number of pyridine rings is 1. The number of aryl methyl sites for hydroxylation is 1. The standard InChI is InChI=1S/C19H24N6OS/c1-4-5-6-10-16-23-24-19(27-16)22-18(26)14-12-21-25(17(14)13(2)3)15-9-7-8-11-20-15/h7-9,11-13H,4-6,10H2,1-3H3,(H,22,24,26). The highest BCUT2D eigenvalue weighted by Crippen LogP contribution is 2.24. The smallest absolute Gasteiger partial charge is 0.260 e. The van der Waals surface area contributed by atoms with Crippen LogP contribution in [0, 0.1) is 0 Å². The lowest BCUT2D eigenvalue weighted by Gasteiger charge is -2.11. The first-order valence-corrected chi connectivity index (χ1v) is 10.0. The van der Waals surface area contributed by atoms with E-state index < -0.39 is 0 Å². The van der Waals surface area contributed by atoms with Crippen molar-refractivity contribution < 1.29 is 4.79 Å². The number of hydrogen-bond acceptors (Lipinski definition) is 6. The maximum atomic E-state index is 12.8. The molecule has 1 N–H and O–H groups in total. The molecule has 0 aromatic carbocycles. The van der Waals surface area contributed by atoms with Gasteiger partial charge in [0, 0.05) is 12.6 Å². The third-order valence-electron chi connectivity index (χ3n) is 4.15. The van der Waals surface area contributed by atoms with Gasteiger partial charge in [0.1, 0.15) is 5.01 Å². The van der Waals surface area contributed by atoms with Crippen molar-refractivity contribution in [2.45, 2.75) is 52.4 Å². The summed E-state index contributed by atoms with van der Waals surface area (Å²) in [6.45, 7) is 6.23. The van der Waals surface area contributed by atoms with Gasteiger partial charge in [-0.2, -0.15) is 5.10 Å². The second-order valence-corrected chi connectivity index (χ2v) is 7.67. The molecule has 0 bridgehead atoms. The summed E-state index contributed by atoms with van der Waals surface area (Å²) in [6, 6.07) is 5.62. The SMILES string of the molecule is CCCCCc1nnc(NC(=O)c2cnn(-c3ccccn3)c2C(C)C)s1. The predicted octanol–water partition coefficient (Wildman–Crippen LogP) is 4.23. The number of carbonyl (C=O) groups is 1. The van der Waals surface area contributed by atoms with Crippen molar-refractivity contribution >= 4 is 22.4 Å². The Morgan fingerprint density at radius 2 is 2.11 bits per heavy atom. The Kier molecular flexibility index (Phi) is 6.28. The monoisotopic (exact) mass is 384 g/mol. The maximum Gasteiger partial charge on any atom is 0.260 e. The largest absolute Gasteiger partial charge is 0.296 e. The summed E-state index contributed by atoms with van der Waals surface area (Å²) in [4.78, 5) is 17.1. The Balaban J connectivity index is 1.78. The van der Waals surface area contributed by atoms with Gasteiger partial charge in [-0.05, 0) is 24.5 Å². The average Bonchev–Trinajstić information content (AvgIpc) is 3.30. The van der Waals surface area contributed by atoms with E-state index in [4.69, 9.17) is 0 Å². The number of nitrogens with zero attached hydrogens (tertiary/aromatic N) is 5. The molecule has 0 aliphatic carbocycles. The van der Waals surface area contributed by atoms with Crippen LogP contribution in [0.25, 0.3) is 5.82 Å². The fourth-order valence-electron chi connectivity index (χ4n) is 2.85. The third kappa shape index (κ3) is 4.57. The van der Waals surface area contributed by atoms with Crippen LogP contribution in [0.15, 0.2) is 30.6 Å². The van der Waals surface area contributed by atoms with Gasteiger partial charge in [0.25, 0.3) is 5.91 Å². The second-order valence-electron chi connectivity index (χ2n) is 6.61. The van der Waals surface area contributed by atoms with Crippen LogP contribution in [-0.2, 0) is 6.42 Å². The number of nitrogens with one attached hydrogen (secondary N) is 1. The van der Waals surface area contributed by atoms with Crippen LogP contribution >= 0.6 is 11.3 Å². The minimum absolute atomic E-state index is 0.106. The van der Waals surface area contributed by atoms with Gasteiger partial charge in [0.2, 0.25) is 5.13 Å². The molecule has 3 aromatic heterocycles. The van der Waals surface area contributed by atoms with Crippen molar-refractivity contribution in [1.82, 2.24) is 25.0 Å². The van der Waals surface area contributed by atoms with Gasteiger partial charge in [-0.15, -0.1) is 10.2 Å². The number of hydrogen-bond donors (Lipinski definition) is 1. The van der Waals surface area contributed by atoms with E-state index in [1.54, 1.807) is 17.1 Å². The van der Waals surface area contributed by atoms with E-state index in [0.29, 0.717) is 16.5 Å². The fourth-order valence-corrected chi connectivity index (χ4v) is 3.62. The molecule has 0 aliphatic rings. The van der Waals surface area contributed by atoms with E-state index in [9.17, 15) is 4.79 Å². The molecule has 0 saturated heterocycles. The number of carbonyl (C=O) groups excluding carboxylic acids is 1. The van der Waals surface area contributed by atoms with Gasteiger partial charge < -0.3 is 0 Å². The lowest BCUT2D eigenvalue weighted by atomic mass is 10.1. The molecule has 0 aliphatic heterocycles. The van der Waals surface area contributed by atoms with E-state index in [1.807, 2.05) is 32.0 Å². The average molecular weight is 385 g/mol. The normalized spacial score (nSPS) is 11.1. The summed E-state index contributed by atoms with van der Waals surface area (Å²) in [5.74, 6) is 0.570. The molecule has 7 nitrogen and oxygen atoms in total. The summed E-state index contributed by atoms with van der Waals surface area (Å²) in [7, 11) is 0.